The maximum atomic E-state index is 10.5. The van der Waals surface area contributed by atoms with E-state index in [2.05, 4.69) is 6.92 Å². The average Bonchev–Trinajstić information content (AvgIpc) is 2.59. The summed E-state index contributed by atoms with van der Waals surface area (Å²) in [6, 6.07) is 7.36. The zero-order valence-corrected chi connectivity index (χ0v) is 16.7. The van der Waals surface area contributed by atoms with Crippen molar-refractivity contribution >= 4 is 11.4 Å². The summed E-state index contributed by atoms with van der Waals surface area (Å²) in [6.45, 7) is 2.27. The van der Waals surface area contributed by atoms with E-state index in [1.54, 1.807) is 6.07 Å². The molecule has 1 atom stereocenters. The quantitative estimate of drug-likeness (QED) is 0.248. The number of unbranched alkanes of at least 4 members (excludes halogenated alkanes) is 12. The predicted octanol–water partition coefficient (Wildman–Crippen LogP) is 6.49. The van der Waals surface area contributed by atoms with Gasteiger partial charge in [-0.1, -0.05) is 96.1 Å². The van der Waals surface area contributed by atoms with E-state index in [9.17, 15) is 8.76 Å². The van der Waals surface area contributed by atoms with Crippen molar-refractivity contribution in [3.05, 3.63) is 29.8 Å². The van der Waals surface area contributed by atoms with Gasteiger partial charge in [0.1, 0.15) is 17.1 Å². The van der Waals surface area contributed by atoms with Gasteiger partial charge < -0.3 is 8.74 Å². The molecular formula is C21H35O3S-. The van der Waals surface area contributed by atoms with Crippen LogP contribution in [0.25, 0.3) is 0 Å². The van der Waals surface area contributed by atoms with Crippen LogP contribution in [0, 0.1) is 0 Å². The Morgan fingerprint density at radius 2 is 1.36 bits per heavy atom. The maximum absolute atomic E-state index is 10.5. The lowest BCUT2D eigenvalue weighted by molar-refractivity contribution is 0.440. The standard InChI is InChI=1S/C21H36O3S/c1-2-3-4-5-6-7-8-9-10-11-12-13-14-16-20-17-15-18-21(19-20)24-25(22)23/h15,17-19H,2-14,16H2,1H3,(H,22,23)/p-1. The molecule has 0 spiro atoms. The Balaban J connectivity index is 1.93. The molecule has 0 radical (unpaired) electrons. The summed E-state index contributed by atoms with van der Waals surface area (Å²) in [7, 11) is 0. The van der Waals surface area contributed by atoms with Crippen LogP contribution < -0.4 is 4.18 Å². The van der Waals surface area contributed by atoms with Crippen LogP contribution in [-0.2, 0) is 17.8 Å². The van der Waals surface area contributed by atoms with Crippen molar-refractivity contribution in [3.8, 4) is 5.75 Å². The molecule has 0 aromatic heterocycles. The Hall–Kier alpha value is -0.870. The van der Waals surface area contributed by atoms with Crippen molar-refractivity contribution < 1.29 is 12.9 Å². The number of aryl methyl sites for hydroxylation is 1. The molecule has 1 aromatic rings. The Morgan fingerprint density at radius 1 is 0.840 bits per heavy atom. The van der Waals surface area contributed by atoms with Crippen molar-refractivity contribution in [3.63, 3.8) is 0 Å². The lowest BCUT2D eigenvalue weighted by Gasteiger charge is -2.08. The zero-order chi connectivity index (χ0) is 18.2. The van der Waals surface area contributed by atoms with Crippen molar-refractivity contribution in [2.45, 2.75) is 96.8 Å². The van der Waals surface area contributed by atoms with Crippen LogP contribution in [0.3, 0.4) is 0 Å². The summed E-state index contributed by atoms with van der Waals surface area (Å²) in [4.78, 5) is 0. The molecule has 1 aromatic carbocycles. The van der Waals surface area contributed by atoms with Gasteiger partial charge in [0, 0.05) is 0 Å². The summed E-state index contributed by atoms with van der Waals surface area (Å²) >= 11 is -2.49. The smallest absolute Gasteiger partial charge is 0.139 e. The minimum absolute atomic E-state index is 0.403. The molecule has 0 saturated heterocycles. The zero-order valence-electron chi connectivity index (χ0n) is 15.8. The maximum Gasteiger partial charge on any atom is 0.139 e. The fourth-order valence-electron chi connectivity index (χ4n) is 3.18. The van der Waals surface area contributed by atoms with E-state index in [-0.39, 0.29) is 0 Å². The Morgan fingerprint density at radius 3 is 1.88 bits per heavy atom. The third-order valence-electron chi connectivity index (χ3n) is 4.63. The molecule has 1 unspecified atom stereocenters. The normalized spacial score (nSPS) is 12.2. The first-order valence-corrected chi connectivity index (χ1v) is 11.1. The summed E-state index contributed by atoms with van der Waals surface area (Å²) in [6.07, 6.45) is 18.6. The fraction of sp³-hybridized carbons (Fsp3) is 0.714. The number of hydrogen-bond acceptors (Lipinski definition) is 3. The monoisotopic (exact) mass is 367 g/mol. The first kappa shape index (κ1) is 22.2. The lowest BCUT2D eigenvalue weighted by Crippen LogP contribution is -1.98. The highest BCUT2D eigenvalue weighted by atomic mass is 32.2. The molecule has 0 aliphatic heterocycles. The summed E-state index contributed by atoms with van der Waals surface area (Å²) in [5.74, 6) is 0.403. The van der Waals surface area contributed by atoms with E-state index >= 15 is 0 Å². The van der Waals surface area contributed by atoms with Crippen LogP contribution in [0.4, 0.5) is 0 Å². The minimum atomic E-state index is -2.49. The van der Waals surface area contributed by atoms with Crippen molar-refractivity contribution in [1.82, 2.24) is 0 Å². The fourth-order valence-corrected chi connectivity index (χ4v) is 3.44. The molecule has 0 bridgehead atoms. The highest BCUT2D eigenvalue weighted by Crippen LogP contribution is 2.17. The molecule has 0 aliphatic rings. The van der Waals surface area contributed by atoms with Crippen LogP contribution in [-0.4, -0.2) is 8.76 Å². The molecule has 0 saturated carbocycles. The largest absolute Gasteiger partial charge is 0.740 e. The van der Waals surface area contributed by atoms with Gasteiger partial charge in [-0.05, 0) is 30.5 Å². The van der Waals surface area contributed by atoms with Gasteiger partial charge in [-0.15, -0.1) is 0 Å². The second-order valence-electron chi connectivity index (χ2n) is 6.93. The van der Waals surface area contributed by atoms with Gasteiger partial charge >= 0.3 is 0 Å². The van der Waals surface area contributed by atoms with E-state index in [0.29, 0.717) is 5.75 Å². The summed E-state index contributed by atoms with van der Waals surface area (Å²) in [5.41, 5.74) is 1.14. The van der Waals surface area contributed by atoms with E-state index < -0.39 is 11.4 Å². The SMILES string of the molecule is CCCCCCCCCCCCCCCc1cccc(OS(=O)[O-])c1. The molecule has 0 fully saturated rings. The van der Waals surface area contributed by atoms with Crippen LogP contribution in [0.1, 0.15) is 96.0 Å². The lowest BCUT2D eigenvalue weighted by atomic mass is 10.0. The van der Waals surface area contributed by atoms with E-state index in [1.165, 1.54) is 77.0 Å². The molecule has 0 amide bonds. The molecule has 1 rings (SSSR count). The van der Waals surface area contributed by atoms with E-state index in [1.807, 2.05) is 18.2 Å². The van der Waals surface area contributed by atoms with E-state index in [4.69, 9.17) is 4.18 Å². The first-order valence-electron chi connectivity index (χ1n) is 10.1. The molecule has 144 valence electrons. The number of hydrogen-bond donors (Lipinski definition) is 0. The van der Waals surface area contributed by atoms with Crippen molar-refractivity contribution in [2.24, 2.45) is 0 Å². The predicted molar refractivity (Wildman–Crippen MR) is 105 cm³/mol. The third kappa shape index (κ3) is 13.1. The molecular weight excluding hydrogens is 332 g/mol. The average molecular weight is 368 g/mol. The van der Waals surface area contributed by atoms with Gasteiger partial charge in [0.05, 0.1) is 0 Å². The Kier molecular flexibility index (Phi) is 13.6. The number of benzene rings is 1. The first-order chi connectivity index (χ1) is 12.2. The van der Waals surface area contributed by atoms with Crippen LogP contribution in [0.15, 0.2) is 24.3 Å². The highest BCUT2D eigenvalue weighted by Gasteiger charge is 1.99. The van der Waals surface area contributed by atoms with Crippen molar-refractivity contribution in [2.75, 3.05) is 0 Å². The van der Waals surface area contributed by atoms with Crippen molar-refractivity contribution in [1.29, 1.82) is 0 Å². The highest BCUT2D eigenvalue weighted by molar-refractivity contribution is 7.74. The van der Waals surface area contributed by atoms with Gasteiger partial charge in [-0.2, -0.15) is 0 Å². The summed E-state index contributed by atoms with van der Waals surface area (Å²) in [5, 5.41) is 0. The third-order valence-corrected chi connectivity index (χ3v) is 4.96. The van der Waals surface area contributed by atoms with Gasteiger partial charge in [0.15, 0.2) is 0 Å². The van der Waals surface area contributed by atoms with E-state index in [0.717, 1.165) is 18.4 Å². The second-order valence-corrected chi connectivity index (χ2v) is 7.50. The van der Waals surface area contributed by atoms with Gasteiger partial charge in [-0.25, -0.2) is 4.21 Å². The molecule has 3 nitrogen and oxygen atoms in total. The molecule has 0 aliphatic carbocycles. The molecule has 0 heterocycles. The van der Waals surface area contributed by atoms with Gasteiger partial charge in [-0.3, -0.25) is 0 Å². The topological polar surface area (TPSA) is 49.4 Å². The van der Waals surface area contributed by atoms with Crippen LogP contribution in [0.2, 0.25) is 0 Å². The summed E-state index contributed by atoms with van der Waals surface area (Å²) < 4.78 is 25.8. The number of rotatable bonds is 16. The van der Waals surface area contributed by atoms with Gasteiger partial charge in [0.25, 0.3) is 0 Å². The van der Waals surface area contributed by atoms with Crippen LogP contribution in [0.5, 0.6) is 5.75 Å². The Bertz CT molecular complexity index is 462. The van der Waals surface area contributed by atoms with Gasteiger partial charge in [0.2, 0.25) is 0 Å². The molecule has 0 N–H and O–H groups in total. The second kappa shape index (κ2) is 15.4. The molecule has 25 heavy (non-hydrogen) atoms. The Labute approximate surface area is 157 Å². The van der Waals surface area contributed by atoms with Crippen LogP contribution >= 0.6 is 0 Å². The minimum Gasteiger partial charge on any atom is -0.740 e. The molecule has 4 heteroatoms.